The maximum Gasteiger partial charge on any atom is 0.240 e. The number of carbonyl (C=O) groups excluding carboxylic acids is 1. The van der Waals surface area contributed by atoms with Gasteiger partial charge in [-0.15, -0.1) is 0 Å². The molecule has 8 heteroatoms. The van der Waals surface area contributed by atoms with Crippen molar-refractivity contribution in [2.45, 2.75) is 24.3 Å². The zero-order valence-corrected chi connectivity index (χ0v) is 11.6. The average molecular weight is 302 g/mol. The Balaban J connectivity index is 2.29. The van der Waals surface area contributed by atoms with Crippen LogP contribution < -0.4 is 10.5 Å². The molecule has 1 saturated heterocycles. The van der Waals surface area contributed by atoms with Gasteiger partial charge in [-0.25, -0.2) is 17.9 Å². The molecule has 0 aromatic heterocycles. The SMILES string of the molecule is CC1OCCC1C(=O)Nc1cc(F)ccc1S(N)(=O)=O. The molecule has 1 amide bonds. The van der Waals surface area contributed by atoms with E-state index in [1.54, 1.807) is 6.92 Å². The van der Waals surface area contributed by atoms with Crippen LogP contribution in [-0.2, 0) is 19.6 Å². The molecule has 0 radical (unpaired) electrons. The topological polar surface area (TPSA) is 98.5 Å². The summed E-state index contributed by atoms with van der Waals surface area (Å²) < 4.78 is 41.3. The minimum atomic E-state index is -4.05. The Kier molecular flexibility index (Phi) is 4.07. The summed E-state index contributed by atoms with van der Waals surface area (Å²) in [4.78, 5) is 11.7. The number of hydrogen-bond donors (Lipinski definition) is 2. The number of sulfonamides is 1. The monoisotopic (exact) mass is 302 g/mol. The summed E-state index contributed by atoms with van der Waals surface area (Å²) in [6, 6.07) is 2.92. The lowest BCUT2D eigenvalue weighted by atomic mass is 10.0. The van der Waals surface area contributed by atoms with E-state index in [0.29, 0.717) is 13.0 Å². The molecule has 3 N–H and O–H groups in total. The van der Waals surface area contributed by atoms with E-state index in [-0.39, 0.29) is 16.7 Å². The highest BCUT2D eigenvalue weighted by Gasteiger charge is 2.31. The second kappa shape index (κ2) is 5.47. The van der Waals surface area contributed by atoms with Crippen molar-refractivity contribution in [3.63, 3.8) is 0 Å². The largest absolute Gasteiger partial charge is 0.378 e. The molecule has 1 aliphatic rings. The second-order valence-corrected chi connectivity index (χ2v) is 6.18. The van der Waals surface area contributed by atoms with E-state index in [2.05, 4.69) is 5.32 Å². The van der Waals surface area contributed by atoms with Crippen molar-refractivity contribution in [3.8, 4) is 0 Å². The van der Waals surface area contributed by atoms with Crippen molar-refractivity contribution in [3.05, 3.63) is 24.0 Å². The number of primary sulfonamides is 1. The van der Waals surface area contributed by atoms with Crippen molar-refractivity contribution in [2.75, 3.05) is 11.9 Å². The van der Waals surface area contributed by atoms with E-state index in [1.807, 2.05) is 0 Å². The number of amides is 1. The first-order chi connectivity index (χ1) is 9.29. The summed E-state index contributed by atoms with van der Waals surface area (Å²) in [6.07, 6.45) is 0.272. The summed E-state index contributed by atoms with van der Waals surface area (Å²) in [7, 11) is -4.05. The highest BCUT2D eigenvalue weighted by molar-refractivity contribution is 7.89. The number of carbonyl (C=O) groups is 1. The van der Waals surface area contributed by atoms with E-state index in [4.69, 9.17) is 9.88 Å². The van der Waals surface area contributed by atoms with Gasteiger partial charge in [-0.2, -0.15) is 0 Å². The Bertz CT molecular complexity index is 632. The Labute approximate surface area is 116 Å². The lowest BCUT2D eigenvalue weighted by Crippen LogP contribution is -2.28. The Morgan fingerprint density at radius 1 is 1.50 bits per heavy atom. The number of anilines is 1. The Hall–Kier alpha value is -1.51. The van der Waals surface area contributed by atoms with Gasteiger partial charge < -0.3 is 10.1 Å². The van der Waals surface area contributed by atoms with Crippen LogP contribution >= 0.6 is 0 Å². The van der Waals surface area contributed by atoms with Gasteiger partial charge in [0.25, 0.3) is 0 Å². The number of ether oxygens (including phenoxy) is 1. The van der Waals surface area contributed by atoms with Gasteiger partial charge in [0.1, 0.15) is 10.7 Å². The fraction of sp³-hybridized carbons (Fsp3) is 0.417. The van der Waals surface area contributed by atoms with Gasteiger partial charge in [0.2, 0.25) is 15.9 Å². The van der Waals surface area contributed by atoms with E-state index >= 15 is 0 Å². The summed E-state index contributed by atoms with van der Waals surface area (Å²) >= 11 is 0. The minimum Gasteiger partial charge on any atom is -0.378 e. The van der Waals surface area contributed by atoms with Gasteiger partial charge in [-0.3, -0.25) is 4.79 Å². The van der Waals surface area contributed by atoms with Gasteiger partial charge in [0.05, 0.1) is 17.7 Å². The number of halogens is 1. The molecule has 0 aliphatic carbocycles. The molecule has 2 unspecified atom stereocenters. The van der Waals surface area contributed by atoms with Crippen LogP contribution in [-0.4, -0.2) is 27.0 Å². The summed E-state index contributed by atoms with van der Waals surface area (Å²) in [5.74, 6) is -1.47. The summed E-state index contributed by atoms with van der Waals surface area (Å²) in [6.45, 7) is 2.22. The number of nitrogens with one attached hydrogen (secondary N) is 1. The molecule has 20 heavy (non-hydrogen) atoms. The van der Waals surface area contributed by atoms with Crippen LogP contribution in [0.2, 0.25) is 0 Å². The van der Waals surface area contributed by atoms with Crippen LogP contribution in [0.3, 0.4) is 0 Å². The third-order valence-electron chi connectivity index (χ3n) is 3.22. The van der Waals surface area contributed by atoms with Gasteiger partial charge in [0.15, 0.2) is 0 Å². The highest BCUT2D eigenvalue weighted by Crippen LogP contribution is 2.25. The lowest BCUT2D eigenvalue weighted by molar-refractivity contribution is -0.121. The molecule has 0 bridgehead atoms. The van der Waals surface area contributed by atoms with Gasteiger partial charge >= 0.3 is 0 Å². The first kappa shape index (κ1) is 14.9. The summed E-state index contributed by atoms with van der Waals surface area (Å²) in [5, 5.41) is 7.45. The molecule has 2 atom stereocenters. The van der Waals surface area contributed by atoms with Crippen LogP contribution in [0, 0.1) is 11.7 Å². The van der Waals surface area contributed by atoms with Crippen LogP contribution in [0.25, 0.3) is 0 Å². The molecule has 6 nitrogen and oxygen atoms in total. The fourth-order valence-corrected chi connectivity index (χ4v) is 2.82. The lowest BCUT2D eigenvalue weighted by Gasteiger charge is -2.15. The molecule has 2 rings (SSSR count). The minimum absolute atomic E-state index is 0.156. The predicted molar refractivity (Wildman–Crippen MR) is 69.9 cm³/mol. The maximum absolute atomic E-state index is 13.2. The zero-order valence-electron chi connectivity index (χ0n) is 10.8. The van der Waals surface area contributed by atoms with Gasteiger partial charge in [-0.1, -0.05) is 0 Å². The van der Waals surface area contributed by atoms with E-state index in [0.717, 1.165) is 18.2 Å². The number of rotatable bonds is 3. The van der Waals surface area contributed by atoms with Gasteiger partial charge in [-0.05, 0) is 31.5 Å². The second-order valence-electron chi connectivity index (χ2n) is 4.65. The molecular weight excluding hydrogens is 287 g/mol. The van der Waals surface area contributed by atoms with Crippen molar-refractivity contribution in [2.24, 2.45) is 11.1 Å². The van der Waals surface area contributed by atoms with E-state index in [1.165, 1.54) is 0 Å². The maximum atomic E-state index is 13.2. The quantitative estimate of drug-likeness (QED) is 0.864. The van der Waals surface area contributed by atoms with E-state index < -0.39 is 27.7 Å². The standard InChI is InChI=1S/C12H15FN2O4S/c1-7-9(4-5-19-7)12(16)15-10-6-8(13)2-3-11(10)20(14,17)18/h2-3,6-7,9H,4-5H2,1H3,(H,15,16)(H2,14,17,18). The molecule has 0 spiro atoms. The Morgan fingerprint density at radius 3 is 2.75 bits per heavy atom. The third kappa shape index (κ3) is 3.14. The van der Waals surface area contributed by atoms with Crippen molar-refractivity contribution in [1.29, 1.82) is 0 Å². The number of benzene rings is 1. The molecular formula is C12H15FN2O4S. The smallest absolute Gasteiger partial charge is 0.240 e. The van der Waals surface area contributed by atoms with Crippen LogP contribution in [0.1, 0.15) is 13.3 Å². The molecule has 1 heterocycles. The van der Waals surface area contributed by atoms with Crippen molar-refractivity contribution >= 4 is 21.6 Å². The number of hydrogen-bond acceptors (Lipinski definition) is 4. The van der Waals surface area contributed by atoms with Crippen LogP contribution in [0.4, 0.5) is 10.1 Å². The molecule has 1 aromatic carbocycles. The summed E-state index contributed by atoms with van der Waals surface area (Å²) in [5.41, 5.74) is -0.156. The van der Waals surface area contributed by atoms with E-state index in [9.17, 15) is 17.6 Å². The van der Waals surface area contributed by atoms with Crippen LogP contribution in [0.15, 0.2) is 23.1 Å². The first-order valence-electron chi connectivity index (χ1n) is 6.04. The normalized spacial score (nSPS) is 22.8. The molecule has 1 aliphatic heterocycles. The highest BCUT2D eigenvalue weighted by atomic mass is 32.2. The number of nitrogens with two attached hydrogens (primary N) is 1. The fourth-order valence-electron chi connectivity index (χ4n) is 2.15. The predicted octanol–water partition coefficient (Wildman–Crippen LogP) is 0.837. The first-order valence-corrected chi connectivity index (χ1v) is 7.58. The molecule has 1 aromatic rings. The zero-order chi connectivity index (χ0) is 14.9. The average Bonchev–Trinajstić information content (AvgIpc) is 2.73. The third-order valence-corrected chi connectivity index (χ3v) is 4.19. The van der Waals surface area contributed by atoms with Crippen molar-refractivity contribution < 1.29 is 22.3 Å². The molecule has 110 valence electrons. The Morgan fingerprint density at radius 2 is 2.20 bits per heavy atom. The van der Waals surface area contributed by atoms with Gasteiger partial charge in [0, 0.05) is 6.61 Å². The molecule has 1 fully saturated rings. The van der Waals surface area contributed by atoms with Crippen LogP contribution in [0.5, 0.6) is 0 Å². The molecule has 0 saturated carbocycles. The van der Waals surface area contributed by atoms with Crippen molar-refractivity contribution in [1.82, 2.24) is 0 Å².